The molecular weight excluding hydrogens is 550 g/mol. The summed E-state index contributed by atoms with van der Waals surface area (Å²) in [5.41, 5.74) is 1.99. The summed E-state index contributed by atoms with van der Waals surface area (Å²) in [6.45, 7) is 5.66. The molecule has 1 unspecified atom stereocenters. The number of aliphatic hydroxyl groups is 1. The zero-order valence-electron chi connectivity index (χ0n) is 23.4. The Bertz CT molecular complexity index is 1460. The molecule has 0 spiro atoms. The van der Waals surface area contributed by atoms with Gasteiger partial charge in [0.25, 0.3) is 0 Å². The van der Waals surface area contributed by atoms with Gasteiger partial charge >= 0.3 is 0 Å². The highest BCUT2D eigenvalue weighted by Crippen LogP contribution is 2.32. The van der Waals surface area contributed by atoms with Gasteiger partial charge < -0.3 is 20.5 Å². The van der Waals surface area contributed by atoms with Crippen molar-refractivity contribution >= 4 is 15.7 Å². The van der Waals surface area contributed by atoms with Crippen molar-refractivity contribution in [3.8, 4) is 5.75 Å². The number of halogens is 2. The smallest absolute Gasteiger partial charge is 0.224 e. The van der Waals surface area contributed by atoms with Crippen LogP contribution in [0.5, 0.6) is 5.75 Å². The summed E-state index contributed by atoms with van der Waals surface area (Å²) >= 11 is 0. The van der Waals surface area contributed by atoms with Crippen molar-refractivity contribution in [1.82, 2.24) is 10.6 Å². The molecule has 1 aliphatic heterocycles. The summed E-state index contributed by atoms with van der Waals surface area (Å²) in [7, 11) is -3.41. The number of aliphatic hydroxyl groups excluding tert-OH is 1. The molecule has 0 fully saturated rings. The van der Waals surface area contributed by atoms with E-state index in [4.69, 9.17) is 4.74 Å². The van der Waals surface area contributed by atoms with Crippen LogP contribution < -0.4 is 15.4 Å². The molecule has 7 nitrogen and oxygen atoms in total. The van der Waals surface area contributed by atoms with Crippen LogP contribution in [0.15, 0.2) is 66.7 Å². The lowest BCUT2D eigenvalue weighted by molar-refractivity contribution is -0.122. The topological polar surface area (TPSA) is 105 Å². The average Bonchev–Trinajstić information content (AvgIpc) is 2.85. The molecule has 3 aromatic rings. The highest BCUT2D eigenvalue weighted by molar-refractivity contribution is 7.90. The van der Waals surface area contributed by atoms with E-state index in [-0.39, 0.29) is 42.4 Å². The van der Waals surface area contributed by atoms with Crippen molar-refractivity contribution in [3.05, 3.63) is 101 Å². The van der Waals surface area contributed by atoms with E-state index in [0.717, 1.165) is 29.3 Å². The first kappa shape index (κ1) is 30.6. The van der Waals surface area contributed by atoms with Crippen LogP contribution in [0.4, 0.5) is 8.78 Å². The second-order valence-corrected chi connectivity index (χ2v) is 13.6. The summed E-state index contributed by atoms with van der Waals surface area (Å²) in [5.74, 6) is -1.57. The summed E-state index contributed by atoms with van der Waals surface area (Å²) in [4.78, 5) is 12.9. The molecule has 1 amide bonds. The lowest BCUT2D eigenvalue weighted by atomic mass is 9.98. The fraction of sp³-hybridized carbons (Fsp3) is 0.387. The van der Waals surface area contributed by atoms with Crippen LogP contribution in [-0.2, 0) is 33.2 Å². The number of hydrogen-bond donors (Lipinski definition) is 3. The Morgan fingerprint density at radius 3 is 2.37 bits per heavy atom. The van der Waals surface area contributed by atoms with E-state index in [9.17, 15) is 27.1 Å². The molecule has 0 aromatic heterocycles. The molecule has 0 saturated carbocycles. The van der Waals surface area contributed by atoms with Gasteiger partial charge in [0.05, 0.1) is 30.1 Å². The van der Waals surface area contributed by atoms with Crippen LogP contribution in [0.2, 0.25) is 0 Å². The fourth-order valence-electron chi connectivity index (χ4n) is 4.96. The maximum atomic E-state index is 13.9. The number of rotatable bonds is 10. The molecule has 0 radical (unpaired) electrons. The number of benzene rings is 3. The molecule has 4 rings (SSSR count). The average molecular weight is 587 g/mol. The third-order valence-electron chi connectivity index (χ3n) is 6.68. The summed E-state index contributed by atoms with van der Waals surface area (Å²) in [6, 6.07) is 15.9. The van der Waals surface area contributed by atoms with Crippen molar-refractivity contribution in [2.24, 2.45) is 0 Å². The molecule has 3 aromatic carbocycles. The van der Waals surface area contributed by atoms with Crippen molar-refractivity contribution in [1.29, 1.82) is 0 Å². The maximum Gasteiger partial charge on any atom is 0.224 e. The molecule has 220 valence electrons. The van der Waals surface area contributed by atoms with Gasteiger partial charge in [-0.25, -0.2) is 17.2 Å². The summed E-state index contributed by atoms with van der Waals surface area (Å²) < 4.78 is 59.1. The number of carbonyl (C=O) groups is 1. The van der Waals surface area contributed by atoms with Gasteiger partial charge in [0.1, 0.15) is 23.0 Å². The first-order valence-electron chi connectivity index (χ1n) is 13.5. The van der Waals surface area contributed by atoms with Gasteiger partial charge in [0, 0.05) is 18.7 Å². The third kappa shape index (κ3) is 9.08. The molecule has 0 aliphatic carbocycles. The van der Waals surface area contributed by atoms with Gasteiger partial charge in [-0.2, -0.15) is 0 Å². The van der Waals surface area contributed by atoms with Crippen molar-refractivity contribution in [2.45, 2.75) is 63.2 Å². The quantitative estimate of drug-likeness (QED) is 0.332. The SMILES string of the molecule is CC(C)(C)Oc1ccc2c(c1)C(NC[C@@H](O)[C@H](Cc1cc(F)cc(F)c1)NC(=O)Cc1ccccc1)CS(=O)(=O)C2. The highest BCUT2D eigenvalue weighted by atomic mass is 32.2. The maximum absolute atomic E-state index is 13.9. The van der Waals surface area contributed by atoms with E-state index in [1.807, 2.05) is 45.0 Å². The van der Waals surface area contributed by atoms with Crippen molar-refractivity contribution < 1.29 is 31.8 Å². The minimum atomic E-state index is -3.41. The molecule has 1 aliphatic rings. The molecule has 10 heteroatoms. The first-order valence-corrected chi connectivity index (χ1v) is 15.3. The van der Waals surface area contributed by atoms with E-state index in [1.54, 1.807) is 24.3 Å². The Morgan fingerprint density at radius 2 is 1.71 bits per heavy atom. The Balaban J connectivity index is 1.53. The van der Waals surface area contributed by atoms with Crippen LogP contribution in [-0.4, -0.2) is 49.5 Å². The minimum Gasteiger partial charge on any atom is -0.488 e. The van der Waals surface area contributed by atoms with E-state index in [0.29, 0.717) is 11.3 Å². The standard InChI is InChI=1S/C31H36F2N2O5S/c1-31(2,3)40-25-10-9-22-18-41(38,39)19-28(26(22)16-25)34-17-29(36)27(13-21-11-23(32)15-24(33)12-21)35-30(37)14-20-7-5-4-6-8-20/h4-12,15-16,27-29,34,36H,13-14,17-19H2,1-3H3,(H,35,37)/t27-,28?,29+/m0/s1. The minimum absolute atomic E-state index is 0.0405. The van der Waals surface area contributed by atoms with Crippen LogP contribution in [0.3, 0.4) is 0 Å². The predicted octanol–water partition coefficient (Wildman–Crippen LogP) is 4.03. The highest BCUT2D eigenvalue weighted by Gasteiger charge is 2.32. The van der Waals surface area contributed by atoms with Gasteiger partial charge in [-0.3, -0.25) is 4.79 Å². The second-order valence-electron chi connectivity index (χ2n) is 11.5. The number of hydrogen-bond acceptors (Lipinski definition) is 6. The summed E-state index contributed by atoms with van der Waals surface area (Å²) in [5, 5.41) is 17.2. The Labute approximate surface area is 239 Å². The Hall–Kier alpha value is -3.34. The molecule has 3 N–H and O–H groups in total. The van der Waals surface area contributed by atoms with Crippen molar-refractivity contribution in [3.63, 3.8) is 0 Å². The molecule has 41 heavy (non-hydrogen) atoms. The van der Waals surface area contributed by atoms with E-state index in [1.165, 1.54) is 0 Å². The molecule has 0 saturated heterocycles. The van der Waals surface area contributed by atoms with Crippen LogP contribution >= 0.6 is 0 Å². The molecular formula is C31H36F2N2O5S. The first-order chi connectivity index (χ1) is 19.3. The lowest BCUT2D eigenvalue weighted by Crippen LogP contribution is -2.50. The summed E-state index contributed by atoms with van der Waals surface area (Å²) in [6.07, 6.45) is -1.19. The number of sulfone groups is 1. The van der Waals surface area contributed by atoms with E-state index >= 15 is 0 Å². The number of nitrogens with one attached hydrogen (secondary N) is 2. The fourth-order valence-corrected chi connectivity index (χ4v) is 6.62. The Kier molecular flexibility index (Phi) is 9.46. The van der Waals surface area contributed by atoms with Crippen LogP contribution in [0.25, 0.3) is 0 Å². The van der Waals surface area contributed by atoms with Gasteiger partial charge in [0.15, 0.2) is 9.84 Å². The van der Waals surface area contributed by atoms with Gasteiger partial charge in [-0.1, -0.05) is 36.4 Å². The largest absolute Gasteiger partial charge is 0.488 e. The van der Waals surface area contributed by atoms with E-state index in [2.05, 4.69) is 10.6 Å². The normalized spacial score (nSPS) is 17.8. The number of carbonyl (C=O) groups excluding carboxylic acids is 1. The zero-order chi connectivity index (χ0) is 29.8. The number of ether oxygens (including phenoxy) is 1. The Morgan fingerprint density at radius 1 is 1.02 bits per heavy atom. The predicted molar refractivity (Wildman–Crippen MR) is 153 cm³/mol. The van der Waals surface area contributed by atoms with Gasteiger partial charge in [-0.05, 0) is 73.7 Å². The number of fused-ring (bicyclic) bond motifs is 1. The molecule has 3 atom stereocenters. The lowest BCUT2D eigenvalue weighted by Gasteiger charge is -2.31. The van der Waals surface area contributed by atoms with Gasteiger partial charge in [0.2, 0.25) is 5.91 Å². The van der Waals surface area contributed by atoms with Crippen LogP contribution in [0, 0.1) is 11.6 Å². The second kappa shape index (κ2) is 12.7. The molecule has 0 bridgehead atoms. The molecule has 1 heterocycles. The third-order valence-corrected chi connectivity index (χ3v) is 8.27. The van der Waals surface area contributed by atoms with E-state index < -0.39 is 45.3 Å². The van der Waals surface area contributed by atoms with Crippen molar-refractivity contribution in [2.75, 3.05) is 12.3 Å². The number of amides is 1. The monoisotopic (exact) mass is 586 g/mol. The zero-order valence-corrected chi connectivity index (χ0v) is 24.2. The van der Waals surface area contributed by atoms with Crippen LogP contribution in [0.1, 0.15) is 49.1 Å². The van der Waals surface area contributed by atoms with Gasteiger partial charge in [-0.15, -0.1) is 0 Å².